The lowest BCUT2D eigenvalue weighted by atomic mass is 9.85. The van der Waals surface area contributed by atoms with Gasteiger partial charge in [0.15, 0.2) is 0 Å². The molecule has 0 atom stereocenters. The van der Waals surface area contributed by atoms with E-state index in [1.807, 2.05) is 27.7 Å². The molecule has 148 valence electrons. The predicted octanol–water partition coefficient (Wildman–Crippen LogP) is 4.74. The van der Waals surface area contributed by atoms with Gasteiger partial charge in [-0.1, -0.05) is 6.07 Å². The second-order valence-corrected chi connectivity index (χ2v) is 8.13. The Morgan fingerprint density at radius 3 is 2.30 bits per heavy atom. The fourth-order valence-electron chi connectivity index (χ4n) is 2.68. The predicted molar refractivity (Wildman–Crippen MR) is 91.7 cm³/mol. The van der Waals surface area contributed by atoms with Crippen LogP contribution in [0.1, 0.15) is 46.2 Å². The third kappa shape index (κ3) is 4.29. The number of pyridine rings is 1. The zero-order valence-corrected chi connectivity index (χ0v) is 15.7. The van der Waals surface area contributed by atoms with E-state index in [9.17, 15) is 17.6 Å². The SMILES string of the molecule is CC1(C)OB(C(F)=CC2(COc3cccc(C(F)(F)F)n3)CC2)OC1(C)C. The molecule has 0 bridgehead atoms. The maximum atomic E-state index is 14.7. The largest absolute Gasteiger partial charge is 0.524 e. The Morgan fingerprint density at radius 2 is 1.78 bits per heavy atom. The van der Waals surface area contributed by atoms with Crippen LogP contribution in [0.3, 0.4) is 0 Å². The van der Waals surface area contributed by atoms with E-state index in [2.05, 4.69) is 4.98 Å². The second-order valence-electron chi connectivity index (χ2n) is 8.13. The van der Waals surface area contributed by atoms with Crippen LogP contribution in [-0.4, -0.2) is 29.9 Å². The number of rotatable bonds is 5. The Bertz CT molecular complexity index is 728. The summed E-state index contributed by atoms with van der Waals surface area (Å²) in [4.78, 5) is 3.46. The standard InChI is InChI=1S/C18H22BF4NO3/c1-15(2)16(3,4)27-19(26-15)13(20)10-17(8-9-17)11-25-14-7-5-6-12(24-14)18(21,22)23/h5-7,10H,8-9,11H2,1-4H3. The zero-order chi connectivity index (χ0) is 20.1. The molecule has 1 aliphatic carbocycles. The van der Waals surface area contributed by atoms with Crippen LogP contribution in [0.4, 0.5) is 17.6 Å². The van der Waals surface area contributed by atoms with Crippen molar-refractivity contribution in [3.8, 4) is 5.88 Å². The Morgan fingerprint density at radius 1 is 1.19 bits per heavy atom. The van der Waals surface area contributed by atoms with Gasteiger partial charge >= 0.3 is 13.3 Å². The molecular formula is C18H22BF4NO3. The molecule has 0 radical (unpaired) electrons. The number of hydrogen-bond acceptors (Lipinski definition) is 4. The fourth-order valence-corrected chi connectivity index (χ4v) is 2.68. The molecule has 1 aromatic rings. The van der Waals surface area contributed by atoms with Gasteiger partial charge in [0, 0.05) is 11.5 Å². The number of hydrogen-bond donors (Lipinski definition) is 0. The smallest absolute Gasteiger partial charge is 0.477 e. The van der Waals surface area contributed by atoms with Crippen LogP contribution in [-0.2, 0) is 15.5 Å². The summed E-state index contributed by atoms with van der Waals surface area (Å²) in [6.07, 6.45) is -1.81. The second kappa shape index (κ2) is 6.48. The summed E-state index contributed by atoms with van der Waals surface area (Å²) in [5, 5.41) is 0. The van der Waals surface area contributed by atoms with Crippen LogP contribution in [0.2, 0.25) is 0 Å². The van der Waals surface area contributed by atoms with Gasteiger partial charge in [0.2, 0.25) is 5.88 Å². The highest BCUT2D eigenvalue weighted by Gasteiger charge is 2.54. The number of nitrogens with zero attached hydrogens (tertiary/aromatic N) is 1. The summed E-state index contributed by atoms with van der Waals surface area (Å²) in [5.74, 6) is -0.138. The van der Waals surface area contributed by atoms with Crippen molar-refractivity contribution in [1.82, 2.24) is 4.98 Å². The van der Waals surface area contributed by atoms with Crippen LogP contribution < -0.4 is 4.74 Å². The third-order valence-electron chi connectivity index (χ3n) is 5.34. The van der Waals surface area contributed by atoms with Gasteiger partial charge in [0.25, 0.3) is 0 Å². The molecule has 9 heteroatoms. The van der Waals surface area contributed by atoms with Crippen molar-refractivity contribution in [2.24, 2.45) is 5.41 Å². The van der Waals surface area contributed by atoms with E-state index in [1.165, 1.54) is 18.2 Å². The van der Waals surface area contributed by atoms with Gasteiger partial charge in [-0.15, -0.1) is 0 Å². The summed E-state index contributed by atoms with van der Waals surface area (Å²) in [6, 6.07) is 3.45. The highest BCUT2D eigenvalue weighted by atomic mass is 19.4. The zero-order valence-electron chi connectivity index (χ0n) is 15.7. The summed E-state index contributed by atoms with van der Waals surface area (Å²) in [6.45, 7) is 7.35. The van der Waals surface area contributed by atoms with E-state index in [0.717, 1.165) is 6.07 Å². The van der Waals surface area contributed by atoms with E-state index >= 15 is 0 Å². The van der Waals surface area contributed by atoms with Crippen molar-refractivity contribution in [2.75, 3.05) is 6.61 Å². The molecule has 2 fully saturated rings. The van der Waals surface area contributed by atoms with Crippen LogP contribution >= 0.6 is 0 Å². The lowest BCUT2D eigenvalue weighted by molar-refractivity contribution is -0.141. The summed E-state index contributed by atoms with van der Waals surface area (Å²) in [5.41, 5.74) is -3.46. The highest BCUT2D eigenvalue weighted by Crippen LogP contribution is 2.49. The number of aromatic nitrogens is 1. The van der Waals surface area contributed by atoms with E-state index in [1.54, 1.807) is 0 Å². The monoisotopic (exact) mass is 387 g/mol. The van der Waals surface area contributed by atoms with Crippen LogP contribution in [0.5, 0.6) is 5.88 Å². The van der Waals surface area contributed by atoms with Gasteiger partial charge in [0.05, 0.1) is 17.8 Å². The number of alkyl halides is 3. The molecule has 0 spiro atoms. The first-order valence-corrected chi connectivity index (χ1v) is 8.75. The topological polar surface area (TPSA) is 40.6 Å². The average Bonchev–Trinajstić information content (AvgIpc) is 3.26. The molecule has 4 nitrogen and oxygen atoms in total. The average molecular weight is 387 g/mol. The van der Waals surface area contributed by atoms with Crippen molar-refractivity contribution < 1.29 is 31.6 Å². The lowest BCUT2D eigenvalue weighted by Crippen LogP contribution is -2.41. The van der Waals surface area contributed by atoms with Gasteiger partial charge in [-0.25, -0.2) is 9.37 Å². The number of ether oxygens (including phenoxy) is 1. The van der Waals surface area contributed by atoms with Crippen molar-refractivity contribution >= 4 is 7.12 Å². The molecule has 1 saturated heterocycles. The number of halogens is 4. The van der Waals surface area contributed by atoms with Gasteiger partial charge in [-0.2, -0.15) is 13.2 Å². The molecule has 27 heavy (non-hydrogen) atoms. The molecule has 1 aliphatic heterocycles. The van der Waals surface area contributed by atoms with Crippen molar-refractivity contribution in [2.45, 2.75) is 57.9 Å². The van der Waals surface area contributed by atoms with E-state index in [-0.39, 0.29) is 12.5 Å². The normalized spacial score (nSPS) is 23.4. The minimum absolute atomic E-state index is 0.0359. The van der Waals surface area contributed by atoms with Crippen LogP contribution in [0.25, 0.3) is 0 Å². The van der Waals surface area contributed by atoms with Crippen molar-refractivity contribution in [3.05, 3.63) is 35.7 Å². The van der Waals surface area contributed by atoms with E-state index in [0.29, 0.717) is 12.8 Å². The molecule has 0 amide bonds. The molecule has 2 aliphatic rings. The van der Waals surface area contributed by atoms with E-state index in [4.69, 9.17) is 14.0 Å². The molecule has 0 aromatic carbocycles. The fraction of sp³-hybridized carbons (Fsp3) is 0.611. The maximum absolute atomic E-state index is 14.7. The molecule has 0 N–H and O–H groups in total. The Labute approximate surface area is 156 Å². The van der Waals surface area contributed by atoms with Crippen LogP contribution in [0, 0.1) is 5.41 Å². The molecule has 0 unspecified atom stereocenters. The van der Waals surface area contributed by atoms with Gasteiger partial charge in [-0.3, -0.25) is 0 Å². The van der Waals surface area contributed by atoms with Crippen molar-refractivity contribution in [3.63, 3.8) is 0 Å². The Kier molecular flexibility index (Phi) is 4.83. The molecule has 1 saturated carbocycles. The molecular weight excluding hydrogens is 365 g/mol. The third-order valence-corrected chi connectivity index (χ3v) is 5.34. The molecule has 1 aromatic heterocycles. The van der Waals surface area contributed by atoms with Crippen LogP contribution in [0.15, 0.2) is 30.0 Å². The summed E-state index contributed by atoms with van der Waals surface area (Å²) >= 11 is 0. The van der Waals surface area contributed by atoms with Crippen molar-refractivity contribution in [1.29, 1.82) is 0 Å². The minimum atomic E-state index is -4.54. The van der Waals surface area contributed by atoms with Gasteiger partial charge < -0.3 is 14.0 Å². The highest BCUT2D eigenvalue weighted by molar-refractivity contribution is 6.53. The maximum Gasteiger partial charge on any atom is 0.524 e. The van der Waals surface area contributed by atoms with E-state index < -0.39 is 41.3 Å². The Balaban J connectivity index is 1.66. The molecule has 3 rings (SSSR count). The first-order chi connectivity index (χ1) is 12.3. The van der Waals surface area contributed by atoms with Gasteiger partial charge in [0.1, 0.15) is 11.4 Å². The lowest BCUT2D eigenvalue weighted by Gasteiger charge is -2.32. The van der Waals surface area contributed by atoms with Gasteiger partial charge in [-0.05, 0) is 52.7 Å². The quantitative estimate of drug-likeness (QED) is 0.541. The summed E-state index contributed by atoms with van der Waals surface area (Å²) < 4.78 is 69.6. The molecule has 2 heterocycles. The first kappa shape index (κ1) is 20.1. The minimum Gasteiger partial charge on any atom is -0.477 e. The Hall–Kier alpha value is -1.61. The first-order valence-electron chi connectivity index (χ1n) is 8.75. The summed E-state index contributed by atoms with van der Waals surface area (Å²) in [7, 11) is -1.10.